The molecule has 0 bridgehead atoms. The van der Waals surface area contributed by atoms with Crippen LogP contribution >= 0.6 is 0 Å². The lowest BCUT2D eigenvalue weighted by Gasteiger charge is -2.22. The number of aryl methyl sites for hydroxylation is 3. The van der Waals surface area contributed by atoms with Gasteiger partial charge in [0.25, 0.3) is 0 Å². The van der Waals surface area contributed by atoms with Crippen molar-refractivity contribution in [2.24, 2.45) is 0 Å². The van der Waals surface area contributed by atoms with Gasteiger partial charge in [0, 0.05) is 5.56 Å². The second kappa shape index (κ2) is 9.35. The summed E-state index contributed by atoms with van der Waals surface area (Å²) in [5.41, 5.74) is 6.53. The molecule has 0 aliphatic heterocycles. The quantitative estimate of drug-likeness (QED) is 0.264. The van der Waals surface area contributed by atoms with E-state index in [2.05, 4.69) is 29.9 Å². The van der Waals surface area contributed by atoms with Crippen LogP contribution in [0.3, 0.4) is 0 Å². The molecular weight excluding hydrogens is 416 g/mol. The molecule has 1 aliphatic carbocycles. The van der Waals surface area contributed by atoms with E-state index >= 15 is 4.39 Å². The van der Waals surface area contributed by atoms with Crippen LogP contribution in [0.25, 0.3) is 22.3 Å². The topological polar surface area (TPSA) is 9.23 Å². The van der Waals surface area contributed by atoms with Gasteiger partial charge < -0.3 is 4.74 Å². The van der Waals surface area contributed by atoms with Crippen LogP contribution < -0.4 is 4.74 Å². The molecule has 168 valence electrons. The summed E-state index contributed by atoms with van der Waals surface area (Å²) in [6.45, 7) is 2.21. The maximum Gasteiger partial charge on any atom is 0.573 e. The first-order chi connectivity index (χ1) is 15.3. The standard InChI is InChI=1S/C27H26F4O/c1-2-3-4-5-6-18-7-14-23-20(15-18)8-9-21-16-25(26(28)17-24(21)23)19-10-12-22(13-11-19)32-27(29,30)31/h7,10-17H,2-6,8-9H2,1H3. The van der Waals surface area contributed by atoms with Crippen molar-refractivity contribution >= 4 is 0 Å². The Balaban J connectivity index is 1.57. The zero-order valence-corrected chi connectivity index (χ0v) is 18.1. The first-order valence-corrected chi connectivity index (χ1v) is 11.1. The summed E-state index contributed by atoms with van der Waals surface area (Å²) >= 11 is 0. The number of rotatable bonds is 7. The summed E-state index contributed by atoms with van der Waals surface area (Å²) in [5.74, 6) is -0.705. The average Bonchev–Trinajstić information content (AvgIpc) is 2.76. The first kappa shape index (κ1) is 22.4. The summed E-state index contributed by atoms with van der Waals surface area (Å²) in [6, 6.07) is 15.2. The van der Waals surface area contributed by atoms with E-state index in [4.69, 9.17) is 0 Å². The number of ether oxygens (including phenoxy) is 1. The van der Waals surface area contributed by atoms with Crippen molar-refractivity contribution < 1.29 is 22.3 Å². The van der Waals surface area contributed by atoms with E-state index in [1.54, 1.807) is 6.07 Å². The molecule has 0 spiro atoms. The highest BCUT2D eigenvalue weighted by atomic mass is 19.4. The minimum atomic E-state index is -4.75. The molecular formula is C27H26F4O. The first-order valence-electron chi connectivity index (χ1n) is 11.1. The highest BCUT2D eigenvalue weighted by Crippen LogP contribution is 2.38. The van der Waals surface area contributed by atoms with Crippen LogP contribution in [0.5, 0.6) is 5.75 Å². The van der Waals surface area contributed by atoms with Crippen molar-refractivity contribution in [2.75, 3.05) is 0 Å². The molecule has 0 saturated heterocycles. The molecule has 0 heterocycles. The van der Waals surface area contributed by atoms with Crippen molar-refractivity contribution in [3.63, 3.8) is 0 Å². The molecule has 0 N–H and O–H groups in total. The molecule has 5 heteroatoms. The Morgan fingerprint density at radius 2 is 1.50 bits per heavy atom. The molecule has 0 amide bonds. The summed E-state index contributed by atoms with van der Waals surface area (Å²) in [6.07, 6.45) is 2.95. The van der Waals surface area contributed by atoms with E-state index in [1.165, 1.54) is 61.1 Å². The second-order valence-corrected chi connectivity index (χ2v) is 8.36. The number of fused-ring (bicyclic) bond motifs is 3. The maximum absolute atomic E-state index is 15.0. The van der Waals surface area contributed by atoms with Crippen molar-refractivity contribution in [3.8, 4) is 28.0 Å². The lowest BCUT2D eigenvalue weighted by Crippen LogP contribution is -2.16. The zero-order valence-electron chi connectivity index (χ0n) is 18.1. The number of hydrogen-bond donors (Lipinski definition) is 0. The lowest BCUT2D eigenvalue weighted by atomic mass is 9.83. The fourth-order valence-corrected chi connectivity index (χ4v) is 4.43. The fraction of sp³-hybridized carbons (Fsp3) is 0.333. The third kappa shape index (κ3) is 5.14. The monoisotopic (exact) mass is 442 g/mol. The molecule has 1 aliphatic rings. The summed E-state index contributed by atoms with van der Waals surface area (Å²) in [4.78, 5) is 0. The van der Waals surface area contributed by atoms with Gasteiger partial charge in [-0.05, 0) is 83.3 Å². The largest absolute Gasteiger partial charge is 0.573 e. The van der Waals surface area contributed by atoms with Gasteiger partial charge in [-0.2, -0.15) is 0 Å². The highest BCUT2D eigenvalue weighted by molar-refractivity contribution is 5.78. The SMILES string of the molecule is CCCCCCc1ccc2c(c1)CCc1cc(-c3ccc(OC(F)(F)F)cc3)c(F)cc1-2. The normalized spacial score (nSPS) is 12.9. The smallest absolute Gasteiger partial charge is 0.406 e. The third-order valence-electron chi connectivity index (χ3n) is 6.03. The zero-order chi connectivity index (χ0) is 22.7. The Morgan fingerprint density at radius 1 is 0.781 bits per heavy atom. The third-order valence-corrected chi connectivity index (χ3v) is 6.03. The van der Waals surface area contributed by atoms with Crippen LogP contribution in [0.15, 0.2) is 54.6 Å². The van der Waals surface area contributed by atoms with Crippen molar-refractivity contribution in [1.82, 2.24) is 0 Å². The van der Waals surface area contributed by atoms with Crippen molar-refractivity contribution in [1.29, 1.82) is 0 Å². The Bertz CT molecular complexity index is 1080. The van der Waals surface area contributed by atoms with Gasteiger partial charge in [0.2, 0.25) is 0 Å². The van der Waals surface area contributed by atoms with E-state index in [1.807, 2.05) is 6.07 Å². The number of hydrogen-bond acceptors (Lipinski definition) is 1. The Morgan fingerprint density at radius 3 is 2.19 bits per heavy atom. The van der Waals surface area contributed by atoms with Gasteiger partial charge >= 0.3 is 6.36 Å². The number of benzene rings is 3. The Hall–Kier alpha value is -2.82. The fourth-order valence-electron chi connectivity index (χ4n) is 4.43. The van der Waals surface area contributed by atoms with Crippen molar-refractivity contribution in [3.05, 3.63) is 77.1 Å². The molecule has 3 aromatic rings. The van der Waals surface area contributed by atoms with E-state index < -0.39 is 6.36 Å². The van der Waals surface area contributed by atoms with Gasteiger partial charge in [-0.3, -0.25) is 0 Å². The summed E-state index contributed by atoms with van der Waals surface area (Å²) < 4.78 is 56.1. The molecule has 0 saturated carbocycles. The summed E-state index contributed by atoms with van der Waals surface area (Å²) in [5, 5.41) is 0. The molecule has 3 aromatic carbocycles. The highest BCUT2D eigenvalue weighted by Gasteiger charge is 2.31. The molecule has 0 unspecified atom stereocenters. The average molecular weight is 442 g/mol. The maximum atomic E-state index is 15.0. The molecule has 32 heavy (non-hydrogen) atoms. The number of halogens is 4. The Labute approximate surface area is 186 Å². The summed E-state index contributed by atoms with van der Waals surface area (Å²) in [7, 11) is 0. The van der Waals surface area contributed by atoms with Gasteiger partial charge in [-0.25, -0.2) is 4.39 Å². The molecule has 0 aromatic heterocycles. The molecule has 0 radical (unpaired) electrons. The Kier molecular flexibility index (Phi) is 6.54. The van der Waals surface area contributed by atoms with Gasteiger partial charge in [0.05, 0.1) is 0 Å². The van der Waals surface area contributed by atoms with E-state index in [0.717, 1.165) is 36.0 Å². The minimum absolute atomic E-state index is 0.320. The molecule has 0 atom stereocenters. The van der Waals surface area contributed by atoms with Crippen LogP contribution in [-0.2, 0) is 19.3 Å². The molecule has 4 rings (SSSR count). The lowest BCUT2D eigenvalue weighted by molar-refractivity contribution is -0.274. The molecule has 0 fully saturated rings. The minimum Gasteiger partial charge on any atom is -0.406 e. The van der Waals surface area contributed by atoms with E-state index in [-0.39, 0.29) is 11.6 Å². The number of unbranched alkanes of at least 4 members (excludes halogenated alkanes) is 3. The van der Waals surface area contributed by atoms with Gasteiger partial charge in [0.15, 0.2) is 0 Å². The van der Waals surface area contributed by atoms with Crippen LogP contribution in [0, 0.1) is 5.82 Å². The predicted molar refractivity (Wildman–Crippen MR) is 119 cm³/mol. The van der Waals surface area contributed by atoms with Crippen LogP contribution in [0.1, 0.15) is 49.3 Å². The second-order valence-electron chi connectivity index (χ2n) is 8.36. The van der Waals surface area contributed by atoms with E-state index in [9.17, 15) is 13.2 Å². The van der Waals surface area contributed by atoms with Gasteiger partial charge in [0.1, 0.15) is 11.6 Å². The predicted octanol–water partition coefficient (Wildman–Crippen LogP) is 8.28. The van der Waals surface area contributed by atoms with Crippen LogP contribution in [0.4, 0.5) is 17.6 Å². The van der Waals surface area contributed by atoms with Gasteiger partial charge in [-0.15, -0.1) is 13.2 Å². The van der Waals surface area contributed by atoms with Gasteiger partial charge in [-0.1, -0.05) is 56.5 Å². The number of alkyl halides is 3. The van der Waals surface area contributed by atoms with E-state index in [0.29, 0.717) is 11.1 Å². The van der Waals surface area contributed by atoms with Crippen LogP contribution in [0.2, 0.25) is 0 Å². The van der Waals surface area contributed by atoms with Crippen LogP contribution in [-0.4, -0.2) is 6.36 Å². The molecule has 1 nitrogen and oxygen atoms in total. The van der Waals surface area contributed by atoms with Crippen molar-refractivity contribution in [2.45, 2.75) is 58.2 Å².